The van der Waals surface area contributed by atoms with E-state index < -0.39 is 0 Å². The van der Waals surface area contributed by atoms with Gasteiger partial charge < -0.3 is 0 Å². The number of benzene rings is 2. The van der Waals surface area contributed by atoms with Crippen molar-refractivity contribution in [1.82, 2.24) is 0 Å². The highest BCUT2D eigenvalue weighted by atomic mass is 14.3. The van der Waals surface area contributed by atoms with Crippen molar-refractivity contribution in [1.29, 1.82) is 0 Å². The Kier molecular flexibility index (Phi) is 4.43. The lowest BCUT2D eigenvalue weighted by atomic mass is 9.73. The number of hydrogen-bond acceptors (Lipinski definition) is 0. The molecule has 0 bridgehead atoms. The predicted octanol–water partition coefficient (Wildman–Crippen LogP) is 6.02. The molecule has 0 saturated heterocycles. The SMILES string of the molecule is Cc1ccc(C(c2ccc(C)cc2)C2CCCCC2)cc1. The zero-order valence-corrected chi connectivity index (χ0v) is 13.3. The predicted molar refractivity (Wildman–Crippen MR) is 90.8 cm³/mol. The lowest BCUT2D eigenvalue weighted by molar-refractivity contribution is 0.327. The number of rotatable bonds is 3. The molecule has 0 N–H and O–H groups in total. The van der Waals surface area contributed by atoms with E-state index in [1.54, 1.807) is 0 Å². The van der Waals surface area contributed by atoms with Crippen molar-refractivity contribution in [3.63, 3.8) is 0 Å². The number of aryl methyl sites for hydroxylation is 2. The van der Waals surface area contributed by atoms with Gasteiger partial charge in [-0.1, -0.05) is 78.9 Å². The van der Waals surface area contributed by atoms with Crippen LogP contribution in [0.2, 0.25) is 0 Å². The molecule has 21 heavy (non-hydrogen) atoms. The van der Waals surface area contributed by atoms with Crippen molar-refractivity contribution < 1.29 is 0 Å². The standard InChI is InChI=1S/C21H26/c1-16-8-12-19(13-9-16)21(18-6-4-3-5-7-18)20-14-10-17(2)11-15-20/h8-15,18,21H,3-7H2,1-2H3. The molecule has 1 fully saturated rings. The lowest BCUT2D eigenvalue weighted by Gasteiger charge is -2.31. The molecule has 0 unspecified atom stereocenters. The third kappa shape index (κ3) is 3.37. The van der Waals surface area contributed by atoms with Gasteiger partial charge in [0.2, 0.25) is 0 Å². The molecular formula is C21H26. The van der Waals surface area contributed by atoms with Crippen LogP contribution >= 0.6 is 0 Å². The molecular weight excluding hydrogens is 252 g/mol. The fraction of sp³-hybridized carbons (Fsp3) is 0.429. The van der Waals surface area contributed by atoms with E-state index in [0.717, 1.165) is 5.92 Å². The van der Waals surface area contributed by atoms with Crippen LogP contribution in [-0.4, -0.2) is 0 Å². The van der Waals surface area contributed by atoms with E-state index in [2.05, 4.69) is 62.4 Å². The van der Waals surface area contributed by atoms with Gasteiger partial charge in [-0.3, -0.25) is 0 Å². The third-order valence-electron chi connectivity index (χ3n) is 4.99. The average Bonchev–Trinajstić information content (AvgIpc) is 2.52. The van der Waals surface area contributed by atoms with E-state index >= 15 is 0 Å². The van der Waals surface area contributed by atoms with Crippen molar-refractivity contribution in [2.24, 2.45) is 5.92 Å². The first-order chi connectivity index (χ1) is 10.2. The van der Waals surface area contributed by atoms with E-state index in [-0.39, 0.29) is 0 Å². The Labute approximate surface area is 129 Å². The van der Waals surface area contributed by atoms with Crippen molar-refractivity contribution in [2.45, 2.75) is 51.9 Å². The van der Waals surface area contributed by atoms with Crippen molar-refractivity contribution in [2.75, 3.05) is 0 Å². The van der Waals surface area contributed by atoms with Crippen molar-refractivity contribution in [3.05, 3.63) is 70.8 Å². The fourth-order valence-corrected chi connectivity index (χ4v) is 3.75. The Morgan fingerprint density at radius 1 is 0.667 bits per heavy atom. The second-order valence-corrected chi connectivity index (χ2v) is 6.70. The smallest absolute Gasteiger partial charge is 0.0118 e. The first-order valence-electron chi connectivity index (χ1n) is 8.37. The van der Waals surface area contributed by atoms with Gasteiger partial charge in [0.1, 0.15) is 0 Å². The maximum Gasteiger partial charge on any atom is 0.0118 e. The molecule has 0 aromatic heterocycles. The Morgan fingerprint density at radius 2 is 1.10 bits per heavy atom. The molecule has 0 radical (unpaired) electrons. The van der Waals surface area contributed by atoms with Crippen LogP contribution in [0.15, 0.2) is 48.5 Å². The van der Waals surface area contributed by atoms with E-state index in [0.29, 0.717) is 5.92 Å². The molecule has 0 spiro atoms. The Morgan fingerprint density at radius 3 is 1.52 bits per heavy atom. The van der Waals surface area contributed by atoms with Gasteiger partial charge in [0.15, 0.2) is 0 Å². The molecule has 0 heterocycles. The summed E-state index contributed by atoms with van der Waals surface area (Å²) in [4.78, 5) is 0. The summed E-state index contributed by atoms with van der Waals surface area (Å²) >= 11 is 0. The molecule has 1 aliphatic rings. The van der Waals surface area contributed by atoms with Gasteiger partial charge in [-0.15, -0.1) is 0 Å². The topological polar surface area (TPSA) is 0 Å². The van der Waals surface area contributed by atoms with Crippen LogP contribution in [0, 0.1) is 19.8 Å². The summed E-state index contributed by atoms with van der Waals surface area (Å²) in [5.74, 6) is 1.38. The highest BCUT2D eigenvalue weighted by Gasteiger charge is 2.26. The van der Waals surface area contributed by atoms with Gasteiger partial charge in [-0.25, -0.2) is 0 Å². The molecule has 0 aliphatic heterocycles. The summed E-state index contributed by atoms with van der Waals surface area (Å²) in [5.41, 5.74) is 5.70. The zero-order valence-electron chi connectivity index (χ0n) is 13.3. The van der Waals surface area contributed by atoms with E-state index in [4.69, 9.17) is 0 Å². The van der Waals surface area contributed by atoms with Crippen molar-refractivity contribution in [3.8, 4) is 0 Å². The van der Waals surface area contributed by atoms with Crippen LogP contribution in [0.5, 0.6) is 0 Å². The minimum Gasteiger partial charge on any atom is -0.0590 e. The van der Waals surface area contributed by atoms with Crippen LogP contribution in [0.1, 0.15) is 60.3 Å². The summed E-state index contributed by atoms with van der Waals surface area (Å²) < 4.78 is 0. The summed E-state index contributed by atoms with van der Waals surface area (Å²) in [6.45, 7) is 4.34. The first-order valence-corrected chi connectivity index (χ1v) is 8.37. The Hall–Kier alpha value is -1.56. The van der Waals surface area contributed by atoms with Gasteiger partial charge >= 0.3 is 0 Å². The lowest BCUT2D eigenvalue weighted by Crippen LogP contribution is -2.17. The van der Waals surface area contributed by atoms with Gasteiger partial charge in [0.25, 0.3) is 0 Å². The summed E-state index contributed by atoms with van der Waals surface area (Å²) in [6, 6.07) is 18.4. The maximum atomic E-state index is 2.34. The second kappa shape index (κ2) is 6.47. The molecule has 0 atom stereocenters. The summed E-state index contributed by atoms with van der Waals surface area (Å²) in [5, 5.41) is 0. The summed E-state index contributed by atoms with van der Waals surface area (Å²) in [7, 11) is 0. The quantitative estimate of drug-likeness (QED) is 0.644. The van der Waals surface area contributed by atoms with Gasteiger partial charge in [-0.2, -0.15) is 0 Å². The minimum atomic E-state index is 0.575. The highest BCUT2D eigenvalue weighted by molar-refractivity contribution is 5.36. The van der Waals surface area contributed by atoms with Crippen LogP contribution < -0.4 is 0 Å². The highest BCUT2D eigenvalue weighted by Crippen LogP contribution is 2.40. The van der Waals surface area contributed by atoms with E-state index in [9.17, 15) is 0 Å². The van der Waals surface area contributed by atoms with Gasteiger partial charge in [0.05, 0.1) is 0 Å². The first kappa shape index (κ1) is 14.4. The van der Waals surface area contributed by atoms with E-state index in [1.807, 2.05) is 0 Å². The van der Waals surface area contributed by atoms with Crippen LogP contribution in [0.3, 0.4) is 0 Å². The van der Waals surface area contributed by atoms with E-state index in [1.165, 1.54) is 54.4 Å². The second-order valence-electron chi connectivity index (χ2n) is 6.70. The zero-order chi connectivity index (χ0) is 14.7. The molecule has 0 heteroatoms. The molecule has 0 nitrogen and oxygen atoms in total. The normalized spacial score (nSPS) is 16.3. The van der Waals surface area contributed by atoms with Crippen LogP contribution in [0.25, 0.3) is 0 Å². The molecule has 2 aromatic rings. The fourth-order valence-electron chi connectivity index (χ4n) is 3.75. The average molecular weight is 278 g/mol. The Balaban J connectivity index is 1.97. The molecule has 3 rings (SSSR count). The minimum absolute atomic E-state index is 0.575. The number of hydrogen-bond donors (Lipinski definition) is 0. The van der Waals surface area contributed by atoms with Crippen LogP contribution in [0.4, 0.5) is 0 Å². The largest absolute Gasteiger partial charge is 0.0590 e. The molecule has 2 aromatic carbocycles. The van der Waals surface area contributed by atoms with Gasteiger partial charge in [-0.05, 0) is 43.7 Å². The maximum absolute atomic E-state index is 2.34. The van der Waals surface area contributed by atoms with Crippen LogP contribution in [-0.2, 0) is 0 Å². The van der Waals surface area contributed by atoms with Crippen molar-refractivity contribution >= 4 is 0 Å². The molecule has 1 saturated carbocycles. The Bertz CT molecular complexity index is 510. The summed E-state index contributed by atoms with van der Waals surface area (Å²) in [6.07, 6.45) is 6.99. The molecule has 0 amide bonds. The monoisotopic (exact) mass is 278 g/mol. The molecule has 1 aliphatic carbocycles. The van der Waals surface area contributed by atoms with Gasteiger partial charge in [0, 0.05) is 5.92 Å². The molecule has 110 valence electrons. The third-order valence-corrected chi connectivity index (χ3v) is 4.99.